The molecule has 2 heteroatoms. The van der Waals surface area contributed by atoms with Crippen molar-refractivity contribution in [2.24, 2.45) is 5.73 Å². The molecule has 0 radical (unpaired) electrons. The second-order valence-electron chi connectivity index (χ2n) is 14.3. The lowest BCUT2D eigenvalue weighted by molar-refractivity contribution is 0.662. The van der Waals surface area contributed by atoms with Gasteiger partial charge >= 0.3 is 0 Å². The van der Waals surface area contributed by atoms with Crippen molar-refractivity contribution in [3.05, 3.63) is 198 Å². The van der Waals surface area contributed by atoms with Gasteiger partial charge in [0.25, 0.3) is 0 Å². The summed E-state index contributed by atoms with van der Waals surface area (Å²) in [5.74, 6) is 0. The molecule has 9 rings (SSSR count). The van der Waals surface area contributed by atoms with Crippen LogP contribution in [0.2, 0.25) is 0 Å². The average Bonchev–Trinajstić information content (AvgIpc) is 3.42. The number of nitrogens with two attached hydrogens (primary N) is 1. The lowest BCUT2D eigenvalue weighted by Gasteiger charge is -2.25. The van der Waals surface area contributed by atoms with E-state index in [0.717, 1.165) is 16.8 Å². The lowest BCUT2D eigenvalue weighted by atomic mass is 9.78. The number of hydrogen-bond acceptors (Lipinski definition) is 2. The van der Waals surface area contributed by atoms with E-state index in [9.17, 15) is 0 Å². The Labute approximate surface area is 299 Å². The van der Waals surface area contributed by atoms with Crippen molar-refractivity contribution >= 4 is 38.0 Å². The van der Waals surface area contributed by atoms with Crippen molar-refractivity contribution in [3.63, 3.8) is 0 Å². The van der Waals surface area contributed by atoms with Crippen molar-refractivity contribution in [3.8, 4) is 22.3 Å². The van der Waals surface area contributed by atoms with Crippen LogP contribution in [-0.2, 0) is 12.0 Å². The first-order valence-corrected chi connectivity index (χ1v) is 17.9. The Morgan fingerprint density at radius 3 is 2.14 bits per heavy atom. The minimum Gasteiger partial charge on any atom is -0.381 e. The number of fused-ring (bicyclic) bond motifs is 7. The van der Waals surface area contributed by atoms with E-state index in [1.807, 2.05) is 6.07 Å². The summed E-state index contributed by atoms with van der Waals surface area (Å²) < 4.78 is 0. The highest BCUT2D eigenvalue weighted by atomic mass is 14.9. The molecule has 1 aliphatic rings. The summed E-state index contributed by atoms with van der Waals surface area (Å²) in [4.78, 5) is 0. The van der Waals surface area contributed by atoms with Gasteiger partial charge in [0, 0.05) is 17.7 Å². The van der Waals surface area contributed by atoms with Gasteiger partial charge in [0.2, 0.25) is 0 Å². The molecule has 2 nitrogen and oxygen atoms in total. The van der Waals surface area contributed by atoms with Gasteiger partial charge in [-0.25, -0.2) is 0 Å². The van der Waals surface area contributed by atoms with E-state index in [1.54, 1.807) is 0 Å². The third-order valence-corrected chi connectivity index (χ3v) is 10.9. The number of rotatable bonds is 7. The fourth-order valence-electron chi connectivity index (χ4n) is 8.46. The minimum absolute atomic E-state index is 0.108. The zero-order valence-corrected chi connectivity index (χ0v) is 29.0. The third kappa shape index (κ3) is 5.31. The van der Waals surface area contributed by atoms with Crippen LogP contribution in [-0.4, -0.2) is 0 Å². The molecule has 246 valence electrons. The second kappa shape index (κ2) is 12.4. The van der Waals surface area contributed by atoms with Gasteiger partial charge in [0.15, 0.2) is 0 Å². The molecule has 0 saturated carbocycles. The van der Waals surface area contributed by atoms with Crippen LogP contribution in [0.1, 0.15) is 47.7 Å². The summed E-state index contributed by atoms with van der Waals surface area (Å²) in [6.45, 7) is 5.36. The molecule has 1 aliphatic carbocycles. The van der Waals surface area contributed by atoms with Gasteiger partial charge in [-0.05, 0) is 101 Å². The summed E-state index contributed by atoms with van der Waals surface area (Å²) in [5.41, 5.74) is 19.2. The van der Waals surface area contributed by atoms with Gasteiger partial charge in [0.1, 0.15) is 0 Å². The molecule has 0 amide bonds. The fraction of sp³-hybridized carbons (Fsp3) is 0.102. The molecular weight excluding hydrogens is 617 g/mol. The van der Waals surface area contributed by atoms with E-state index in [0.29, 0.717) is 6.54 Å². The van der Waals surface area contributed by atoms with E-state index in [-0.39, 0.29) is 11.5 Å². The summed E-state index contributed by atoms with van der Waals surface area (Å²) in [6, 6.07) is 59.0. The van der Waals surface area contributed by atoms with E-state index in [4.69, 9.17) is 5.73 Å². The highest BCUT2D eigenvalue weighted by Gasteiger charge is 2.37. The SMILES string of the molecule is CC1(C)c2ccccc2-c2cccc(-c3cccc(/C(=C/C(N)c4ccccc4)NCc4c5ccccc5cc5ccc6ccccc6c45)c3)c21. The topological polar surface area (TPSA) is 38.0 Å². The second-order valence-corrected chi connectivity index (χ2v) is 14.3. The molecule has 51 heavy (non-hydrogen) atoms. The normalized spacial score (nSPS) is 14.1. The largest absolute Gasteiger partial charge is 0.381 e. The number of nitrogens with one attached hydrogen (secondary N) is 1. The molecule has 0 fully saturated rings. The highest BCUT2D eigenvalue weighted by Crippen LogP contribution is 2.52. The quantitative estimate of drug-likeness (QED) is 0.132. The van der Waals surface area contributed by atoms with Gasteiger partial charge in [-0.15, -0.1) is 0 Å². The number of benzene rings is 8. The van der Waals surface area contributed by atoms with Crippen LogP contribution < -0.4 is 11.1 Å². The van der Waals surface area contributed by atoms with Crippen LogP contribution in [0.3, 0.4) is 0 Å². The minimum atomic E-state index is -0.281. The predicted octanol–water partition coefficient (Wildman–Crippen LogP) is 12.0. The van der Waals surface area contributed by atoms with Crippen LogP contribution >= 0.6 is 0 Å². The smallest absolute Gasteiger partial charge is 0.0504 e. The lowest BCUT2D eigenvalue weighted by Crippen LogP contribution is -2.17. The highest BCUT2D eigenvalue weighted by molar-refractivity contribution is 6.14. The molecule has 8 aromatic rings. The summed E-state index contributed by atoms with van der Waals surface area (Å²) >= 11 is 0. The van der Waals surface area contributed by atoms with Gasteiger partial charge in [-0.3, -0.25) is 0 Å². The fourth-order valence-corrected chi connectivity index (χ4v) is 8.46. The molecule has 3 N–H and O–H groups in total. The van der Waals surface area contributed by atoms with Crippen molar-refractivity contribution in [2.75, 3.05) is 0 Å². The molecule has 0 spiro atoms. The standard InChI is InChI=1S/C49H40N2/c1-49(2)44-25-11-10-22-41(44)42-24-13-23-40(48(42)49)35-18-12-19-36(28-35)46(30-45(50)33-15-4-3-5-16-33)51-31-43-38-20-8-7-17-34(38)29-37-27-26-32-14-6-9-21-39(32)47(37)43/h3-30,45,51H,31,50H2,1-2H3/b46-30-. The molecule has 0 heterocycles. The molecular formula is C49H40N2. The van der Waals surface area contributed by atoms with E-state index in [2.05, 4.69) is 183 Å². The third-order valence-electron chi connectivity index (χ3n) is 10.9. The first-order chi connectivity index (χ1) is 25.0. The van der Waals surface area contributed by atoms with E-state index >= 15 is 0 Å². The van der Waals surface area contributed by atoms with E-state index in [1.165, 1.54) is 71.3 Å². The van der Waals surface area contributed by atoms with Gasteiger partial charge < -0.3 is 11.1 Å². The maximum absolute atomic E-state index is 6.95. The van der Waals surface area contributed by atoms with Crippen LogP contribution in [0.4, 0.5) is 0 Å². The average molecular weight is 657 g/mol. The molecule has 0 aromatic heterocycles. The maximum atomic E-state index is 6.95. The zero-order valence-electron chi connectivity index (χ0n) is 29.0. The Bertz CT molecular complexity index is 2630. The Balaban J connectivity index is 1.18. The maximum Gasteiger partial charge on any atom is 0.0504 e. The van der Waals surface area contributed by atoms with Crippen LogP contribution in [0, 0.1) is 0 Å². The first-order valence-electron chi connectivity index (χ1n) is 17.9. The Morgan fingerprint density at radius 1 is 0.608 bits per heavy atom. The number of hydrogen-bond donors (Lipinski definition) is 2. The molecule has 1 atom stereocenters. The summed E-state index contributed by atoms with van der Waals surface area (Å²) in [6.07, 6.45) is 2.19. The molecule has 0 saturated heterocycles. The van der Waals surface area contributed by atoms with Gasteiger partial charge in [-0.1, -0.05) is 166 Å². The zero-order chi connectivity index (χ0) is 34.5. The Kier molecular flexibility index (Phi) is 7.56. The van der Waals surface area contributed by atoms with E-state index < -0.39 is 0 Å². The Hall–Kier alpha value is -5.96. The summed E-state index contributed by atoms with van der Waals surface area (Å²) in [5, 5.41) is 11.5. The molecule has 0 aliphatic heterocycles. The van der Waals surface area contributed by atoms with Crippen molar-refractivity contribution in [1.82, 2.24) is 5.32 Å². The van der Waals surface area contributed by atoms with Crippen LogP contribution in [0.5, 0.6) is 0 Å². The van der Waals surface area contributed by atoms with Crippen LogP contribution in [0.25, 0.3) is 60.3 Å². The van der Waals surface area contributed by atoms with Gasteiger partial charge in [-0.2, -0.15) is 0 Å². The molecule has 1 unspecified atom stereocenters. The monoisotopic (exact) mass is 656 g/mol. The first kappa shape index (κ1) is 31.1. The van der Waals surface area contributed by atoms with Crippen molar-refractivity contribution in [2.45, 2.75) is 31.8 Å². The van der Waals surface area contributed by atoms with Crippen LogP contribution in [0.15, 0.2) is 170 Å². The molecule has 8 aromatic carbocycles. The molecule has 0 bridgehead atoms. The van der Waals surface area contributed by atoms with Crippen molar-refractivity contribution < 1.29 is 0 Å². The predicted molar refractivity (Wildman–Crippen MR) is 217 cm³/mol. The Morgan fingerprint density at radius 2 is 1.27 bits per heavy atom. The van der Waals surface area contributed by atoms with Gasteiger partial charge in [0.05, 0.1) is 6.04 Å². The van der Waals surface area contributed by atoms with Crippen molar-refractivity contribution in [1.29, 1.82) is 0 Å². The summed E-state index contributed by atoms with van der Waals surface area (Å²) in [7, 11) is 0.